The van der Waals surface area contributed by atoms with Gasteiger partial charge in [-0.2, -0.15) is 0 Å². The largest absolute Gasteiger partial charge is 0.389 e. The summed E-state index contributed by atoms with van der Waals surface area (Å²) in [6.45, 7) is 5.49. The molecule has 23 heavy (non-hydrogen) atoms. The summed E-state index contributed by atoms with van der Waals surface area (Å²) in [5.74, 6) is 0.453. The lowest BCUT2D eigenvalue weighted by molar-refractivity contribution is 0.188. The number of halogens is 1. The van der Waals surface area contributed by atoms with Crippen LogP contribution in [0.2, 0.25) is 5.02 Å². The van der Waals surface area contributed by atoms with Crippen LogP contribution >= 0.6 is 11.6 Å². The Morgan fingerprint density at radius 3 is 2.91 bits per heavy atom. The summed E-state index contributed by atoms with van der Waals surface area (Å²) in [5.41, 5.74) is 5.22. The molecular formula is C20H28ClNO. The summed E-state index contributed by atoms with van der Waals surface area (Å²) < 4.78 is 0. The van der Waals surface area contributed by atoms with Crippen molar-refractivity contribution in [2.45, 2.75) is 70.4 Å². The molecule has 0 radical (unpaired) electrons. The molecule has 1 aromatic carbocycles. The molecule has 2 nitrogen and oxygen atoms in total. The Kier molecular flexibility index (Phi) is 5.45. The maximum atomic E-state index is 10.0. The highest BCUT2D eigenvalue weighted by atomic mass is 35.5. The van der Waals surface area contributed by atoms with Crippen LogP contribution in [0.5, 0.6) is 0 Å². The molecule has 0 spiro atoms. The summed E-state index contributed by atoms with van der Waals surface area (Å²) in [6.07, 6.45) is 6.19. The minimum absolute atomic E-state index is 0.216. The average molecular weight is 334 g/mol. The topological polar surface area (TPSA) is 42.2 Å². The lowest BCUT2D eigenvalue weighted by atomic mass is 9.85. The molecule has 1 heterocycles. The lowest BCUT2D eigenvalue weighted by Crippen LogP contribution is -2.15. The third-order valence-corrected chi connectivity index (χ3v) is 5.95. The second-order valence-corrected chi connectivity index (χ2v) is 7.64. The van der Waals surface area contributed by atoms with Crippen molar-refractivity contribution in [1.82, 2.24) is 5.32 Å². The number of aliphatic hydroxyl groups is 1. The van der Waals surface area contributed by atoms with Crippen LogP contribution in [-0.2, 0) is 6.42 Å². The van der Waals surface area contributed by atoms with Gasteiger partial charge in [-0.15, -0.1) is 0 Å². The molecular weight excluding hydrogens is 306 g/mol. The summed E-state index contributed by atoms with van der Waals surface area (Å²) >= 11 is 6.67. The maximum Gasteiger partial charge on any atom is 0.0750 e. The van der Waals surface area contributed by atoms with Crippen LogP contribution in [0, 0.1) is 0 Å². The number of hydrogen-bond donors (Lipinski definition) is 2. The number of rotatable bonds is 6. The van der Waals surface area contributed by atoms with Crippen molar-refractivity contribution in [2.24, 2.45) is 0 Å². The van der Waals surface area contributed by atoms with Gasteiger partial charge in [-0.25, -0.2) is 0 Å². The van der Waals surface area contributed by atoms with E-state index in [0.717, 1.165) is 50.1 Å². The Hall–Kier alpha value is -0.830. The molecule has 3 rings (SSSR count). The zero-order valence-electron chi connectivity index (χ0n) is 14.2. The number of hydrogen-bond acceptors (Lipinski definition) is 2. The van der Waals surface area contributed by atoms with Crippen LogP contribution < -0.4 is 5.32 Å². The normalized spacial score (nSPS) is 25.6. The average Bonchev–Trinajstić information content (AvgIpc) is 3.34. The molecule has 0 aromatic heterocycles. The van der Waals surface area contributed by atoms with E-state index in [0.29, 0.717) is 12.0 Å². The van der Waals surface area contributed by atoms with Crippen molar-refractivity contribution in [1.29, 1.82) is 0 Å². The van der Waals surface area contributed by atoms with Gasteiger partial charge in [0.25, 0.3) is 0 Å². The molecule has 1 fully saturated rings. The standard InChI is InChI=1S/C20H28ClNO/c1-13(9-10-15-5-4-8-19(23)14(15)2)18-7-3-6-16(20(18)21)11-17-12-22-17/h3,6-7,13,17,19,22-23H,4-5,8-12H2,1-2H3. The minimum atomic E-state index is -0.216. The fourth-order valence-electron chi connectivity index (χ4n) is 3.66. The van der Waals surface area contributed by atoms with E-state index in [1.165, 1.54) is 22.3 Å². The fraction of sp³-hybridized carbons (Fsp3) is 0.600. The zero-order valence-corrected chi connectivity index (χ0v) is 15.0. The van der Waals surface area contributed by atoms with Gasteiger partial charge in [0.15, 0.2) is 0 Å². The second kappa shape index (κ2) is 7.38. The minimum Gasteiger partial charge on any atom is -0.389 e. The van der Waals surface area contributed by atoms with Gasteiger partial charge in [0, 0.05) is 17.6 Å². The quantitative estimate of drug-likeness (QED) is 0.590. The Labute approximate surface area is 144 Å². The third kappa shape index (κ3) is 4.17. The van der Waals surface area contributed by atoms with Crippen LogP contribution in [0.15, 0.2) is 29.3 Å². The first-order valence-electron chi connectivity index (χ1n) is 8.93. The van der Waals surface area contributed by atoms with Crippen LogP contribution in [0.25, 0.3) is 0 Å². The van der Waals surface area contributed by atoms with E-state index < -0.39 is 0 Å². The van der Waals surface area contributed by atoms with E-state index in [1.807, 2.05) is 0 Å². The molecule has 1 saturated heterocycles. The molecule has 126 valence electrons. The highest BCUT2D eigenvalue weighted by Gasteiger charge is 2.23. The van der Waals surface area contributed by atoms with Gasteiger partial charge < -0.3 is 10.4 Å². The van der Waals surface area contributed by atoms with Crippen molar-refractivity contribution in [3.8, 4) is 0 Å². The Balaban J connectivity index is 1.66. The van der Waals surface area contributed by atoms with Gasteiger partial charge in [0.05, 0.1) is 6.10 Å². The van der Waals surface area contributed by atoms with Crippen molar-refractivity contribution in [3.63, 3.8) is 0 Å². The smallest absolute Gasteiger partial charge is 0.0750 e. The molecule has 2 aliphatic rings. The van der Waals surface area contributed by atoms with Crippen LogP contribution in [-0.4, -0.2) is 23.8 Å². The van der Waals surface area contributed by atoms with E-state index in [9.17, 15) is 5.11 Å². The van der Waals surface area contributed by atoms with E-state index in [2.05, 4.69) is 37.4 Å². The number of benzene rings is 1. The summed E-state index contributed by atoms with van der Waals surface area (Å²) in [4.78, 5) is 0. The number of aliphatic hydroxyl groups excluding tert-OH is 1. The predicted molar refractivity (Wildman–Crippen MR) is 97.2 cm³/mol. The lowest BCUT2D eigenvalue weighted by Gasteiger charge is -2.24. The SMILES string of the molecule is CC1=C(CCC(C)c2cccc(CC3CN3)c2Cl)CCCC1O. The molecule has 3 atom stereocenters. The predicted octanol–water partition coefficient (Wildman–Crippen LogP) is 4.60. The van der Waals surface area contributed by atoms with E-state index >= 15 is 0 Å². The molecule has 0 bridgehead atoms. The molecule has 1 aliphatic carbocycles. The number of nitrogens with one attached hydrogen (secondary N) is 1. The third-order valence-electron chi connectivity index (χ3n) is 5.49. The Morgan fingerprint density at radius 1 is 1.39 bits per heavy atom. The molecule has 1 aliphatic heterocycles. The molecule has 2 N–H and O–H groups in total. The van der Waals surface area contributed by atoms with Gasteiger partial charge in [-0.05, 0) is 68.1 Å². The van der Waals surface area contributed by atoms with Crippen LogP contribution in [0.4, 0.5) is 0 Å². The van der Waals surface area contributed by atoms with Gasteiger partial charge in [0.2, 0.25) is 0 Å². The van der Waals surface area contributed by atoms with Crippen molar-refractivity contribution in [3.05, 3.63) is 45.5 Å². The Morgan fingerprint density at radius 2 is 2.17 bits per heavy atom. The molecule has 3 unspecified atom stereocenters. The molecule has 0 amide bonds. The summed E-state index contributed by atoms with van der Waals surface area (Å²) in [5, 5.41) is 14.3. The van der Waals surface area contributed by atoms with Gasteiger partial charge >= 0.3 is 0 Å². The highest BCUT2D eigenvalue weighted by Crippen LogP contribution is 2.35. The van der Waals surface area contributed by atoms with Gasteiger partial charge in [-0.3, -0.25) is 0 Å². The summed E-state index contributed by atoms with van der Waals surface area (Å²) in [6, 6.07) is 7.09. The van der Waals surface area contributed by atoms with Gasteiger partial charge in [-0.1, -0.05) is 42.3 Å². The highest BCUT2D eigenvalue weighted by molar-refractivity contribution is 6.32. The van der Waals surface area contributed by atoms with E-state index in [-0.39, 0.29) is 6.10 Å². The molecule has 0 saturated carbocycles. The van der Waals surface area contributed by atoms with E-state index in [4.69, 9.17) is 11.6 Å². The second-order valence-electron chi connectivity index (χ2n) is 7.26. The Bertz CT molecular complexity index is 591. The van der Waals surface area contributed by atoms with Crippen molar-refractivity contribution in [2.75, 3.05) is 6.54 Å². The number of allylic oxidation sites excluding steroid dienone is 1. The van der Waals surface area contributed by atoms with Crippen LogP contribution in [0.1, 0.15) is 63.0 Å². The first-order valence-corrected chi connectivity index (χ1v) is 9.31. The first-order chi connectivity index (χ1) is 11.1. The molecule has 1 aromatic rings. The first kappa shape index (κ1) is 17.0. The van der Waals surface area contributed by atoms with Crippen LogP contribution in [0.3, 0.4) is 0 Å². The van der Waals surface area contributed by atoms with E-state index in [1.54, 1.807) is 0 Å². The fourth-order valence-corrected chi connectivity index (χ4v) is 4.05. The zero-order chi connectivity index (χ0) is 16.4. The summed E-state index contributed by atoms with van der Waals surface area (Å²) in [7, 11) is 0. The molecule has 3 heteroatoms. The maximum absolute atomic E-state index is 10.0. The van der Waals surface area contributed by atoms with Crippen molar-refractivity contribution >= 4 is 11.6 Å². The van der Waals surface area contributed by atoms with Gasteiger partial charge in [0.1, 0.15) is 0 Å². The monoisotopic (exact) mass is 333 g/mol. The van der Waals surface area contributed by atoms with Crippen molar-refractivity contribution < 1.29 is 5.11 Å².